The van der Waals surface area contributed by atoms with E-state index in [-0.39, 0.29) is 18.8 Å². The molecule has 2 aromatic rings. The summed E-state index contributed by atoms with van der Waals surface area (Å²) in [6.07, 6.45) is 1.21. The third-order valence-corrected chi connectivity index (χ3v) is 2.96. The van der Waals surface area contributed by atoms with Crippen LogP contribution in [0, 0.1) is 10.1 Å². The fourth-order valence-electron chi connectivity index (χ4n) is 1.44. The van der Waals surface area contributed by atoms with E-state index in [2.05, 4.69) is 5.10 Å². The second-order valence-electron chi connectivity index (χ2n) is 3.06. The van der Waals surface area contributed by atoms with Gasteiger partial charge in [0.2, 0.25) is 0 Å². The molecule has 0 saturated heterocycles. The summed E-state index contributed by atoms with van der Waals surface area (Å²) in [6, 6.07) is 3.61. The van der Waals surface area contributed by atoms with Gasteiger partial charge < -0.3 is 5.11 Å². The molecule has 2 heterocycles. The lowest BCUT2D eigenvalue weighted by Gasteiger charge is -2.02. The van der Waals surface area contributed by atoms with E-state index >= 15 is 0 Å². The zero-order valence-electron chi connectivity index (χ0n) is 8.24. The number of rotatable bonds is 4. The first-order valence-corrected chi connectivity index (χ1v) is 5.47. The van der Waals surface area contributed by atoms with Gasteiger partial charge in [0.15, 0.2) is 5.69 Å². The molecule has 0 aliphatic carbocycles. The minimum absolute atomic E-state index is 0.0316. The zero-order valence-corrected chi connectivity index (χ0v) is 9.05. The third-order valence-electron chi connectivity index (χ3n) is 2.08. The van der Waals surface area contributed by atoms with Crippen molar-refractivity contribution in [3.8, 4) is 10.6 Å². The molecule has 0 amide bonds. The van der Waals surface area contributed by atoms with Gasteiger partial charge in [0, 0.05) is 0 Å². The van der Waals surface area contributed by atoms with Gasteiger partial charge in [-0.25, -0.2) is 0 Å². The molecule has 2 aromatic heterocycles. The minimum atomic E-state index is -0.462. The van der Waals surface area contributed by atoms with Crippen LogP contribution in [0.1, 0.15) is 0 Å². The summed E-state index contributed by atoms with van der Waals surface area (Å²) in [5.41, 5.74) is 0.421. The average Bonchev–Trinajstić information content (AvgIpc) is 2.84. The van der Waals surface area contributed by atoms with Crippen LogP contribution in [0.4, 0.5) is 5.69 Å². The van der Waals surface area contributed by atoms with Gasteiger partial charge >= 0.3 is 5.69 Å². The predicted molar refractivity (Wildman–Crippen MR) is 59.3 cm³/mol. The highest BCUT2D eigenvalue weighted by Crippen LogP contribution is 2.32. The Morgan fingerprint density at radius 2 is 2.44 bits per heavy atom. The molecule has 0 spiro atoms. The van der Waals surface area contributed by atoms with Gasteiger partial charge in [-0.05, 0) is 11.4 Å². The van der Waals surface area contributed by atoms with Gasteiger partial charge in [0.25, 0.3) is 0 Å². The molecular formula is C9H9N3O3S. The number of aromatic nitrogens is 2. The SMILES string of the molecule is O=[N+]([O-])c1cnn(CCO)c1-c1cccs1. The molecule has 16 heavy (non-hydrogen) atoms. The second kappa shape index (κ2) is 4.42. The molecule has 0 aliphatic rings. The van der Waals surface area contributed by atoms with E-state index in [1.54, 1.807) is 6.07 Å². The topological polar surface area (TPSA) is 81.2 Å². The first kappa shape index (κ1) is 10.8. The van der Waals surface area contributed by atoms with Crippen LogP contribution in [0.2, 0.25) is 0 Å². The van der Waals surface area contributed by atoms with Crippen molar-refractivity contribution in [3.63, 3.8) is 0 Å². The highest BCUT2D eigenvalue weighted by Gasteiger charge is 2.22. The van der Waals surface area contributed by atoms with Crippen molar-refractivity contribution in [2.24, 2.45) is 0 Å². The monoisotopic (exact) mass is 239 g/mol. The summed E-state index contributed by atoms with van der Waals surface area (Å²) in [4.78, 5) is 11.1. The van der Waals surface area contributed by atoms with E-state index in [0.29, 0.717) is 5.69 Å². The molecule has 0 aliphatic heterocycles. The fraction of sp³-hybridized carbons (Fsp3) is 0.222. The van der Waals surface area contributed by atoms with Gasteiger partial charge in [-0.15, -0.1) is 11.3 Å². The van der Waals surface area contributed by atoms with Crippen molar-refractivity contribution in [2.75, 3.05) is 6.61 Å². The van der Waals surface area contributed by atoms with Crippen LogP contribution in [-0.2, 0) is 6.54 Å². The highest BCUT2D eigenvalue weighted by molar-refractivity contribution is 7.13. The average molecular weight is 239 g/mol. The Morgan fingerprint density at radius 3 is 3.00 bits per heavy atom. The van der Waals surface area contributed by atoms with Crippen molar-refractivity contribution in [3.05, 3.63) is 33.8 Å². The van der Waals surface area contributed by atoms with Crippen molar-refractivity contribution in [1.82, 2.24) is 9.78 Å². The molecule has 7 heteroatoms. The van der Waals surface area contributed by atoms with Gasteiger partial charge in [0.1, 0.15) is 6.20 Å². The maximum absolute atomic E-state index is 10.8. The van der Waals surface area contributed by atoms with Gasteiger partial charge in [-0.1, -0.05) is 6.07 Å². The Morgan fingerprint density at radius 1 is 1.62 bits per heavy atom. The van der Waals surface area contributed by atoms with E-state index in [0.717, 1.165) is 4.88 Å². The smallest absolute Gasteiger partial charge is 0.315 e. The van der Waals surface area contributed by atoms with Gasteiger partial charge in [-0.3, -0.25) is 14.8 Å². The minimum Gasteiger partial charge on any atom is -0.394 e. The number of thiophene rings is 1. The summed E-state index contributed by atoms with van der Waals surface area (Å²) in [5.74, 6) is 0. The molecule has 0 saturated carbocycles. The maximum atomic E-state index is 10.8. The van der Waals surface area contributed by atoms with Crippen molar-refractivity contribution in [1.29, 1.82) is 0 Å². The lowest BCUT2D eigenvalue weighted by molar-refractivity contribution is -0.384. The summed E-state index contributed by atoms with van der Waals surface area (Å²) < 4.78 is 1.45. The number of nitrogens with zero attached hydrogens (tertiary/aromatic N) is 3. The van der Waals surface area contributed by atoms with Crippen LogP contribution >= 0.6 is 11.3 Å². The van der Waals surface area contributed by atoms with E-state index in [1.165, 1.54) is 22.2 Å². The molecule has 6 nitrogen and oxygen atoms in total. The van der Waals surface area contributed by atoms with E-state index in [1.807, 2.05) is 11.4 Å². The Hall–Kier alpha value is -1.73. The number of hydrogen-bond donors (Lipinski definition) is 1. The number of aliphatic hydroxyl groups is 1. The van der Waals surface area contributed by atoms with Gasteiger partial charge in [-0.2, -0.15) is 5.10 Å². The first-order valence-electron chi connectivity index (χ1n) is 4.59. The van der Waals surface area contributed by atoms with Crippen LogP contribution in [-0.4, -0.2) is 26.4 Å². The Labute approximate surface area is 94.9 Å². The number of nitro groups is 1. The number of hydrogen-bond acceptors (Lipinski definition) is 5. The lowest BCUT2D eigenvalue weighted by Crippen LogP contribution is -2.05. The Balaban J connectivity index is 2.54. The molecule has 0 atom stereocenters. The van der Waals surface area contributed by atoms with Crippen LogP contribution in [0.3, 0.4) is 0 Å². The lowest BCUT2D eigenvalue weighted by atomic mass is 10.3. The van der Waals surface area contributed by atoms with Crippen molar-refractivity contribution < 1.29 is 10.0 Å². The molecule has 0 bridgehead atoms. The summed E-state index contributed by atoms with van der Waals surface area (Å²) in [5, 5.41) is 25.4. The zero-order chi connectivity index (χ0) is 11.5. The van der Waals surface area contributed by atoms with Crippen LogP contribution < -0.4 is 0 Å². The van der Waals surface area contributed by atoms with Crippen LogP contribution in [0.25, 0.3) is 10.6 Å². The summed E-state index contributed by atoms with van der Waals surface area (Å²) in [7, 11) is 0. The third kappa shape index (κ3) is 1.82. The summed E-state index contributed by atoms with van der Waals surface area (Å²) in [6.45, 7) is 0.151. The quantitative estimate of drug-likeness (QED) is 0.647. The number of aliphatic hydroxyl groups excluding tert-OH is 1. The normalized spacial score (nSPS) is 10.6. The van der Waals surface area contributed by atoms with Crippen LogP contribution in [0.15, 0.2) is 23.7 Å². The standard InChI is InChI=1S/C9H9N3O3S/c13-4-3-11-9(8-2-1-5-16-8)7(6-10-11)12(14)15/h1-2,5-6,13H,3-4H2. The highest BCUT2D eigenvalue weighted by atomic mass is 32.1. The largest absolute Gasteiger partial charge is 0.394 e. The molecule has 0 unspecified atom stereocenters. The van der Waals surface area contributed by atoms with Crippen molar-refractivity contribution in [2.45, 2.75) is 6.54 Å². The summed E-state index contributed by atoms with van der Waals surface area (Å²) >= 11 is 1.41. The van der Waals surface area contributed by atoms with Crippen molar-refractivity contribution >= 4 is 17.0 Å². The van der Waals surface area contributed by atoms with E-state index < -0.39 is 4.92 Å². The van der Waals surface area contributed by atoms with E-state index in [9.17, 15) is 10.1 Å². The fourth-order valence-corrected chi connectivity index (χ4v) is 2.22. The first-order chi connectivity index (χ1) is 7.74. The van der Waals surface area contributed by atoms with Crippen LogP contribution in [0.5, 0.6) is 0 Å². The Kier molecular flexibility index (Phi) is 2.97. The predicted octanol–water partition coefficient (Wildman–Crippen LogP) is 1.51. The van der Waals surface area contributed by atoms with Gasteiger partial charge in [0.05, 0.1) is 23.0 Å². The maximum Gasteiger partial charge on any atom is 0.315 e. The molecule has 0 radical (unpaired) electrons. The molecule has 2 rings (SSSR count). The van der Waals surface area contributed by atoms with E-state index in [4.69, 9.17) is 5.11 Å². The molecule has 84 valence electrons. The molecular weight excluding hydrogens is 230 g/mol. The molecule has 0 aromatic carbocycles. The molecule has 1 N–H and O–H groups in total. The molecule has 0 fully saturated rings. The second-order valence-corrected chi connectivity index (χ2v) is 4.01. The Bertz CT molecular complexity index is 492.